The Morgan fingerprint density at radius 1 is 1.12 bits per heavy atom. The van der Waals surface area contributed by atoms with Crippen molar-refractivity contribution >= 4 is 30.7 Å². The van der Waals surface area contributed by atoms with Crippen molar-refractivity contribution in [2.45, 2.75) is 58.2 Å². The third kappa shape index (κ3) is 6.73. The van der Waals surface area contributed by atoms with Gasteiger partial charge >= 0.3 is 0 Å². The Bertz CT molecular complexity index is 532. The molecular formula is C20H33Cl2N3O. The highest BCUT2D eigenvalue weighted by molar-refractivity contribution is 5.85. The van der Waals surface area contributed by atoms with Crippen LogP contribution in [0.5, 0.6) is 0 Å². The molecule has 0 bridgehead atoms. The summed E-state index contributed by atoms with van der Waals surface area (Å²) < 4.78 is 0. The lowest BCUT2D eigenvalue weighted by atomic mass is 9.99. The summed E-state index contributed by atoms with van der Waals surface area (Å²) in [5, 5.41) is 6.39. The number of carbonyl (C=O) groups is 1. The molecule has 6 heteroatoms. The number of halogens is 2. The highest BCUT2D eigenvalue weighted by atomic mass is 35.5. The molecule has 0 aliphatic carbocycles. The zero-order valence-corrected chi connectivity index (χ0v) is 17.3. The fraction of sp³-hybridized carbons (Fsp3) is 0.650. The molecule has 2 aliphatic heterocycles. The van der Waals surface area contributed by atoms with Crippen LogP contribution < -0.4 is 10.6 Å². The van der Waals surface area contributed by atoms with Gasteiger partial charge in [-0.15, -0.1) is 24.8 Å². The molecule has 3 rings (SSSR count). The fourth-order valence-corrected chi connectivity index (χ4v) is 3.80. The Morgan fingerprint density at radius 2 is 1.85 bits per heavy atom. The number of hydrogen-bond acceptors (Lipinski definition) is 3. The molecule has 2 atom stereocenters. The SMILES string of the molecule is CC1CCCCN1Cc1ccc(CNC(=O)C2CCCNC2)cc1.Cl.Cl. The molecule has 148 valence electrons. The average Bonchev–Trinajstić information content (AvgIpc) is 2.63. The third-order valence-corrected chi connectivity index (χ3v) is 5.48. The Labute approximate surface area is 170 Å². The smallest absolute Gasteiger partial charge is 0.224 e. The van der Waals surface area contributed by atoms with Crippen LogP contribution in [0.15, 0.2) is 24.3 Å². The molecular weight excluding hydrogens is 369 g/mol. The number of nitrogens with one attached hydrogen (secondary N) is 2. The van der Waals surface area contributed by atoms with Gasteiger partial charge in [0.1, 0.15) is 0 Å². The molecule has 2 aliphatic rings. The van der Waals surface area contributed by atoms with Crippen molar-refractivity contribution in [3.05, 3.63) is 35.4 Å². The molecule has 0 spiro atoms. The van der Waals surface area contributed by atoms with Crippen molar-refractivity contribution < 1.29 is 4.79 Å². The van der Waals surface area contributed by atoms with E-state index >= 15 is 0 Å². The van der Waals surface area contributed by atoms with Crippen molar-refractivity contribution in [3.63, 3.8) is 0 Å². The summed E-state index contributed by atoms with van der Waals surface area (Å²) in [7, 11) is 0. The maximum absolute atomic E-state index is 12.2. The number of rotatable bonds is 5. The minimum absolute atomic E-state index is 0. The summed E-state index contributed by atoms with van der Waals surface area (Å²) in [6.45, 7) is 7.09. The lowest BCUT2D eigenvalue weighted by Gasteiger charge is -2.33. The molecule has 0 radical (unpaired) electrons. The van der Waals surface area contributed by atoms with Crippen molar-refractivity contribution in [1.29, 1.82) is 0 Å². The molecule has 4 nitrogen and oxygen atoms in total. The van der Waals surface area contributed by atoms with Gasteiger partial charge in [-0.05, 0) is 56.8 Å². The van der Waals surface area contributed by atoms with Gasteiger partial charge in [0.2, 0.25) is 5.91 Å². The van der Waals surface area contributed by atoms with Crippen molar-refractivity contribution in [3.8, 4) is 0 Å². The van der Waals surface area contributed by atoms with E-state index in [9.17, 15) is 4.79 Å². The number of nitrogens with zero attached hydrogens (tertiary/aromatic N) is 1. The van der Waals surface area contributed by atoms with E-state index in [1.165, 1.54) is 36.9 Å². The summed E-state index contributed by atoms with van der Waals surface area (Å²) in [4.78, 5) is 14.8. The number of hydrogen-bond donors (Lipinski definition) is 2. The molecule has 1 amide bonds. The Morgan fingerprint density at radius 3 is 2.50 bits per heavy atom. The van der Waals surface area contributed by atoms with E-state index in [2.05, 4.69) is 46.7 Å². The molecule has 0 saturated carbocycles. The van der Waals surface area contributed by atoms with E-state index in [1.54, 1.807) is 0 Å². The number of benzene rings is 1. The molecule has 26 heavy (non-hydrogen) atoms. The van der Waals surface area contributed by atoms with Crippen LogP contribution in [0, 0.1) is 5.92 Å². The molecule has 2 saturated heterocycles. The first-order valence-electron chi connectivity index (χ1n) is 9.52. The van der Waals surface area contributed by atoms with Crippen LogP contribution in [0.4, 0.5) is 0 Å². The van der Waals surface area contributed by atoms with E-state index < -0.39 is 0 Å². The van der Waals surface area contributed by atoms with Gasteiger partial charge in [0.25, 0.3) is 0 Å². The molecule has 2 fully saturated rings. The van der Waals surface area contributed by atoms with Gasteiger partial charge in [0.15, 0.2) is 0 Å². The van der Waals surface area contributed by atoms with Gasteiger partial charge < -0.3 is 10.6 Å². The van der Waals surface area contributed by atoms with Crippen LogP contribution in [0.2, 0.25) is 0 Å². The second-order valence-electron chi connectivity index (χ2n) is 7.39. The minimum atomic E-state index is 0. The zero-order chi connectivity index (χ0) is 16.8. The van der Waals surface area contributed by atoms with Crippen LogP contribution in [0.1, 0.15) is 50.2 Å². The first kappa shape index (κ1) is 23.2. The molecule has 2 unspecified atom stereocenters. The van der Waals surface area contributed by atoms with Crippen molar-refractivity contribution in [2.24, 2.45) is 5.92 Å². The number of amides is 1. The monoisotopic (exact) mass is 401 g/mol. The van der Waals surface area contributed by atoms with Gasteiger partial charge in [-0.25, -0.2) is 0 Å². The van der Waals surface area contributed by atoms with Crippen LogP contribution in [0.3, 0.4) is 0 Å². The predicted octanol–water partition coefficient (Wildman–Crippen LogP) is 3.52. The maximum Gasteiger partial charge on any atom is 0.224 e. The molecule has 2 N–H and O–H groups in total. The Hall–Kier alpha value is -0.810. The normalized spacial score (nSPS) is 23.4. The highest BCUT2D eigenvalue weighted by Crippen LogP contribution is 2.19. The lowest BCUT2D eigenvalue weighted by molar-refractivity contribution is -0.125. The predicted molar refractivity (Wildman–Crippen MR) is 112 cm³/mol. The zero-order valence-electron chi connectivity index (χ0n) is 15.7. The molecule has 2 heterocycles. The summed E-state index contributed by atoms with van der Waals surface area (Å²) in [5.41, 5.74) is 2.55. The van der Waals surface area contributed by atoms with Gasteiger partial charge in [0, 0.05) is 25.7 Å². The van der Waals surface area contributed by atoms with Crippen molar-refractivity contribution in [2.75, 3.05) is 19.6 Å². The van der Waals surface area contributed by atoms with Crippen LogP contribution in [-0.2, 0) is 17.9 Å². The third-order valence-electron chi connectivity index (χ3n) is 5.48. The molecule has 0 aromatic heterocycles. The number of piperidine rings is 2. The van der Waals surface area contributed by atoms with Gasteiger partial charge in [-0.3, -0.25) is 9.69 Å². The van der Waals surface area contributed by atoms with Gasteiger partial charge in [-0.2, -0.15) is 0 Å². The van der Waals surface area contributed by atoms with Crippen LogP contribution >= 0.6 is 24.8 Å². The average molecular weight is 402 g/mol. The van der Waals surface area contributed by atoms with E-state index in [0.29, 0.717) is 12.6 Å². The van der Waals surface area contributed by atoms with Crippen molar-refractivity contribution in [1.82, 2.24) is 15.5 Å². The van der Waals surface area contributed by atoms with E-state index in [4.69, 9.17) is 0 Å². The molecule has 1 aromatic rings. The van der Waals surface area contributed by atoms with E-state index in [1.807, 2.05) is 0 Å². The Balaban J connectivity index is 0.00000169. The topological polar surface area (TPSA) is 44.4 Å². The highest BCUT2D eigenvalue weighted by Gasteiger charge is 2.20. The lowest BCUT2D eigenvalue weighted by Crippen LogP contribution is -2.40. The Kier molecular flexibility index (Phi) is 10.6. The standard InChI is InChI=1S/C20H31N3O.2ClH/c1-16-5-2-3-12-23(16)15-18-9-7-17(8-10-18)13-22-20(24)19-6-4-11-21-14-19;;/h7-10,16,19,21H,2-6,11-15H2,1H3,(H,22,24);2*1H. The fourth-order valence-electron chi connectivity index (χ4n) is 3.80. The maximum atomic E-state index is 12.2. The second-order valence-corrected chi connectivity index (χ2v) is 7.39. The summed E-state index contributed by atoms with van der Waals surface area (Å²) in [6, 6.07) is 9.43. The number of likely N-dealkylation sites (tertiary alicyclic amines) is 1. The summed E-state index contributed by atoms with van der Waals surface area (Å²) in [6.07, 6.45) is 6.12. The second kappa shape index (κ2) is 11.8. The van der Waals surface area contributed by atoms with Gasteiger partial charge in [0.05, 0.1) is 5.92 Å². The van der Waals surface area contributed by atoms with Gasteiger partial charge in [-0.1, -0.05) is 30.7 Å². The largest absolute Gasteiger partial charge is 0.352 e. The summed E-state index contributed by atoms with van der Waals surface area (Å²) in [5.74, 6) is 0.326. The summed E-state index contributed by atoms with van der Waals surface area (Å²) >= 11 is 0. The first-order chi connectivity index (χ1) is 11.7. The van der Waals surface area contributed by atoms with Crippen LogP contribution in [-0.4, -0.2) is 36.5 Å². The quantitative estimate of drug-likeness (QED) is 0.792. The van der Waals surface area contributed by atoms with Crippen LogP contribution in [0.25, 0.3) is 0 Å². The number of carbonyl (C=O) groups excluding carboxylic acids is 1. The van der Waals surface area contributed by atoms with E-state index in [-0.39, 0.29) is 36.6 Å². The van der Waals surface area contributed by atoms with E-state index in [0.717, 1.165) is 32.5 Å². The molecule has 1 aromatic carbocycles. The first-order valence-corrected chi connectivity index (χ1v) is 9.52. The minimum Gasteiger partial charge on any atom is -0.352 e.